The van der Waals surface area contributed by atoms with Crippen LogP contribution in [0.5, 0.6) is 0 Å². The highest BCUT2D eigenvalue weighted by Gasteiger charge is 2.14. The number of carbonyl (C=O) groups is 3. The van der Waals surface area contributed by atoms with Gasteiger partial charge in [-0.05, 0) is 31.2 Å². The van der Waals surface area contributed by atoms with E-state index in [1.807, 2.05) is 19.2 Å². The van der Waals surface area contributed by atoms with Gasteiger partial charge in [-0.25, -0.2) is 4.98 Å². The predicted molar refractivity (Wildman–Crippen MR) is 93.1 cm³/mol. The zero-order valence-corrected chi connectivity index (χ0v) is 14.6. The third-order valence-electron chi connectivity index (χ3n) is 3.25. The molecule has 1 aromatic heterocycles. The number of hydrogen-bond acceptors (Lipinski definition) is 5. The number of benzene rings is 1. The Balaban J connectivity index is 1.87. The molecule has 0 fully saturated rings. The van der Waals surface area contributed by atoms with Gasteiger partial charge in [-0.15, -0.1) is 11.3 Å². The molecule has 0 aliphatic carbocycles. The molecule has 0 bridgehead atoms. The lowest BCUT2D eigenvalue weighted by molar-refractivity contribution is -0.136. The first kappa shape index (κ1) is 17.8. The van der Waals surface area contributed by atoms with E-state index in [1.54, 1.807) is 24.3 Å². The van der Waals surface area contributed by atoms with Gasteiger partial charge in [0.15, 0.2) is 5.78 Å². The third-order valence-corrected chi connectivity index (χ3v) is 4.44. The number of amides is 2. The quantitative estimate of drug-likeness (QED) is 0.644. The molecular formula is C17H19N3O3S. The molecule has 0 aliphatic heterocycles. The number of thiazole rings is 1. The molecule has 0 unspecified atom stereocenters. The second kappa shape index (κ2) is 7.83. The Labute approximate surface area is 144 Å². The minimum absolute atomic E-state index is 0.0605. The van der Waals surface area contributed by atoms with Gasteiger partial charge in [0.05, 0.1) is 17.2 Å². The lowest BCUT2D eigenvalue weighted by Gasteiger charge is -2.06. The van der Waals surface area contributed by atoms with Gasteiger partial charge in [-0.1, -0.05) is 13.8 Å². The summed E-state index contributed by atoms with van der Waals surface area (Å²) in [5, 5.41) is 7.89. The molecule has 0 atom stereocenters. The molecule has 1 heterocycles. The molecular weight excluding hydrogens is 326 g/mol. The molecule has 1 aromatic carbocycles. The lowest BCUT2D eigenvalue weighted by atomic mass is 10.1. The molecule has 2 amide bonds. The number of nitrogens with zero attached hydrogens (tertiary/aromatic N) is 1. The maximum atomic E-state index is 11.9. The normalized spacial score (nSPS) is 10.5. The number of Topliss-reactive ketones (excluding diaryl/α,β-unsaturated/α-hetero) is 1. The minimum atomic E-state index is -0.759. The summed E-state index contributed by atoms with van der Waals surface area (Å²) in [5.41, 5.74) is 1.73. The van der Waals surface area contributed by atoms with Crippen molar-refractivity contribution < 1.29 is 14.4 Å². The van der Waals surface area contributed by atoms with E-state index in [0.717, 1.165) is 10.7 Å². The number of hydrogen-bond donors (Lipinski definition) is 2. The zero-order chi connectivity index (χ0) is 17.7. The van der Waals surface area contributed by atoms with Crippen LogP contribution in [0.1, 0.15) is 47.7 Å². The van der Waals surface area contributed by atoms with Gasteiger partial charge < -0.3 is 10.6 Å². The summed E-state index contributed by atoms with van der Waals surface area (Å²) in [7, 11) is 0. The standard InChI is InChI=1S/C17H19N3O3S/c1-10(2)17-20-14(9-24-17)8-18-15(22)16(23)19-13-6-4-12(5-7-13)11(3)21/h4-7,9-10H,8H2,1-3H3,(H,18,22)(H,19,23). The average molecular weight is 345 g/mol. The summed E-state index contributed by atoms with van der Waals surface area (Å²) < 4.78 is 0. The van der Waals surface area contributed by atoms with Crippen molar-refractivity contribution in [2.45, 2.75) is 33.2 Å². The van der Waals surface area contributed by atoms with Crippen molar-refractivity contribution in [3.05, 3.63) is 45.9 Å². The fraction of sp³-hybridized carbons (Fsp3) is 0.294. The largest absolute Gasteiger partial charge is 0.342 e. The Kier molecular flexibility index (Phi) is 5.81. The number of anilines is 1. The zero-order valence-electron chi connectivity index (χ0n) is 13.8. The van der Waals surface area contributed by atoms with Gasteiger partial charge in [0.1, 0.15) is 0 Å². The Morgan fingerprint density at radius 3 is 2.33 bits per heavy atom. The first-order chi connectivity index (χ1) is 11.4. The van der Waals surface area contributed by atoms with Crippen LogP contribution in [0, 0.1) is 0 Å². The SMILES string of the molecule is CC(=O)c1ccc(NC(=O)C(=O)NCc2csc(C(C)C)n2)cc1. The van der Waals surface area contributed by atoms with E-state index in [-0.39, 0.29) is 12.3 Å². The molecule has 2 N–H and O–H groups in total. The number of nitrogens with one attached hydrogen (secondary N) is 2. The molecule has 7 heteroatoms. The van der Waals surface area contributed by atoms with Gasteiger partial charge in [0.2, 0.25) is 0 Å². The Bertz CT molecular complexity index is 751. The summed E-state index contributed by atoms with van der Waals surface area (Å²) in [5.74, 6) is -1.22. The topological polar surface area (TPSA) is 88.2 Å². The highest BCUT2D eigenvalue weighted by molar-refractivity contribution is 7.09. The van der Waals surface area contributed by atoms with E-state index in [4.69, 9.17) is 0 Å². The van der Waals surface area contributed by atoms with E-state index in [2.05, 4.69) is 15.6 Å². The number of carbonyl (C=O) groups excluding carboxylic acids is 3. The summed E-state index contributed by atoms with van der Waals surface area (Å²) >= 11 is 1.53. The Hall–Kier alpha value is -2.54. The summed E-state index contributed by atoms with van der Waals surface area (Å²) in [6.45, 7) is 5.76. The summed E-state index contributed by atoms with van der Waals surface area (Å²) in [6, 6.07) is 6.35. The number of ketones is 1. The molecule has 0 saturated carbocycles. The lowest BCUT2D eigenvalue weighted by Crippen LogP contribution is -2.35. The van der Waals surface area contributed by atoms with Crippen LogP contribution in [0.3, 0.4) is 0 Å². The highest BCUT2D eigenvalue weighted by atomic mass is 32.1. The molecule has 0 aliphatic rings. The molecule has 0 spiro atoms. The number of rotatable bonds is 5. The van der Waals surface area contributed by atoms with Crippen LogP contribution >= 0.6 is 11.3 Å². The number of aromatic nitrogens is 1. The van der Waals surface area contributed by atoms with Crippen LogP contribution in [0.15, 0.2) is 29.6 Å². The van der Waals surface area contributed by atoms with Crippen molar-refractivity contribution in [2.24, 2.45) is 0 Å². The van der Waals surface area contributed by atoms with Crippen LogP contribution in [-0.4, -0.2) is 22.6 Å². The molecule has 6 nitrogen and oxygen atoms in total. The molecule has 0 radical (unpaired) electrons. The van der Waals surface area contributed by atoms with Crippen molar-refractivity contribution in [2.75, 3.05) is 5.32 Å². The monoisotopic (exact) mass is 345 g/mol. The van der Waals surface area contributed by atoms with E-state index in [0.29, 0.717) is 17.2 Å². The fourth-order valence-electron chi connectivity index (χ4n) is 1.90. The van der Waals surface area contributed by atoms with Gasteiger partial charge in [0, 0.05) is 22.5 Å². The molecule has 2 aromatic rings. The molecule has 126 valence electrons. The summed E-state index contributed by atoms with van der Waals surface area (Å²) in [4.78, 5) is 39.3. The third kappa shape index (κ3) is 4.73. The van der Waals surface area contributed by atoms with Crippen molar-refractivity contribution in [3.8, 4) is 0 Å². The van der Waals surface area contributed by atoms with Crippen LogP contribution in [0.2, 0.25) is 0 Å². The molecule has 0 saturated heterocycles. The van der Waals surface area contributed by atoms with Gasteiger partial charge >= 0.3 is 11.8 Å². The van der Waals surface area contributed by atoms with Gasteiger partial charge in [-0.2, -0.15) is 0 Å². The van der Waals surface area contributed by atoms with Crippen LogP contribution in [-0.2, 0) is 16.1 Å². The first-order valence-electron chi connectivity index (χ1n) is 7.51. The maximum Gasteiger partial charge on any atom is 0.313 e. The van der Waals surface area contributed by atoms with Crippen LogP contribution < -0.4 is 10.6 Å². The Morgan fingerprint density at radius 2 is 1.79 bits per heavy atom. The van der Waals surface area contributed by atoms with E-state index in [9.17, 15) is 14.4 Å². The van der Waals surface area contributed by atoms with E-state index >= 15 is 0 Å². The first-order valence-corrected chi connectivity index (χ1v) is 8.39. The van der Waals surface area contributed by atoms with Gasteiger partial charge in [-0.3, -0.25) is 14.4 Å². The minimum Gasteiger partial charge on any atom is -0.342 e. The highest BCUT2D eigenvalue weighted by Crippen LogP contribution is 2.18. The van der Waals surface area contributed by atoms with E-state index in [1.165, 1.54) is 18.3 Å². The van der Waals surface area contributed by atoms with Crippen molar-refractivity contribution in [1.82, 2.24) is 10.3 Å². The summed E-state index contributed by atoms with van der Waals surface area (Å²) in [6.07, 6.45) is 0. The predicted octanol–water partition coefficient (Wildman–Crippen LogP) is 2.72. The second-order valence-electron chi connectivity index (χ2n) is 5.60. The van der Waals surface area contributed by atoms with Crippen LogP contribution in [0.4, 0.5) is 5.69 Å². The van der Waals surface area contributed by atoms with Crippen molar-refractivity contribution in [3.63, 3.8) is 0 Å². The maximum absolute atomic E-state index is 11.9. The van der Waals surface area contributed by atoms with Crippen molar-refractivity contribution in [1.29, 1.82) is 0 Å². The molecule has 24 heavy (non-hydrogen) atoms. The van der Waals surface area contributed by atoms with Gasteiger partial charge in [0.25, 0.3) is 0 Å². The van der Waals surface area contributed by atoms with Crippen molar-refractivity contribution >= 4 is 34.6 Å². The second-order valence-corrected chi connectivity index (χ2v) is 6.49. The smallest absolute Gasteiger partial charge is 0.313 e. The van der Waals surface area contributed by atoms with E-state index < -0.39 is 11.8 Å². The van der Waals surface area contributed by atoms with Crippen LogP contribution in [0.25, 0.3) is 0 Å². The average Bonchev–Trinajstić information content (AvgIpc) is 3.02. The molecule has 2 rings (SSSR count). The fourth-order valence-corrected chi connectivity index (χ4v) is 2.73. The Morgan fingerprint density at radius 1 is 1.12 bits per heavy atom.